The molecule has 0 amide bonds. The smallest absolute Gasteiger partial charge is 0.355 e. The summed E-state index contributed by atoms with van der Waals surface area (Å²) in [5.41, 5.74) is 1.37. The Hall–Kier alpha value is -1.49. The molecule has 1 aliphatic rings. The second-order valence-corrected chi connectivity index (χ2v) is 6.51. The Kier molecular flexibility index (Phi) is 3.01. The van der Waals surface area contributed by atoms with Crippen LogP contribution in [0.5, 0.6) is 0 Å². The van der Waals surface area contributed by atoms with Crippen molar-refractivity contribution < 1.29 is 9.90 Å². The molecule has 0 aliphatic heterocycles. The molecule has 0 atom stereocenters. The van der Waals surface area contributed by atoms with Gasteiger partial charge in [0.1, 0.15) is 10.7 Å². The van der Waals surface area contributed by atoms with Crippen LogP contribution in [0.2, 0.25) is 0 Å². The fourth-order valence-corrected chi connectivity index (χ4v) is 3.93. The first-order valence-electron chi connectivity index (χ1n) is 6.60. The first kappa shape index (κ1) is 12.5. The summed E-state index contributed by atoms with van der Waals surface area (Å²) in [6.45, 7) is 4.17. The van der Waals surface area contributed by atoms with Crippen molar-refractivity contribution in [1.29, 1.82) is 0 Å². The van der Waals surface area contributed by atoms with Crippen LogP contribution in [0.25, 0.3) is 10.2 Å². The molecule has 100 valence electrons. The van der Waals surface area contributed by atoms with E-state index in [1.165, 1.54) is 10.4 Å². The van der Waals surface area contributed by atoms with Crippen LogP contribution in [0.15, 0.2) is 0 Å². The minimum Gasteiger partial charge on any atom is -0.476 e. The molecule has 0 aromatic carbocycles. The van der Waals surface area contributed by atoms with Gasteiger partial charge in [-0.3, -0.25) is 0 Å². The Labute approximate surface area is 115 Å². The van der Waals surface area contributed by atoms with Gasteiger partial charge in [0.2, 0.25) is 0 Å². The Morgan fingerprint density at radius 2 is 2.16 bits per heavy atom. The molecule has 0 saturated heterocycles. The van der Waals surface area contributed by atoms with Crippen molar-refractivity contribution in [2.24, 2.45) is 5.92 Å². The van der Waals surface area contributed by atoms with Gasteiger partial charge in [0.25, 0.3) is 0 Å². The standard InChI is InChI=1S/C14H16N2O2S/c1-7(2)6-10-15-12(14(17)18)11-8-4-3-5-9(8)19-13(11)16-10/h7H,3-6H2,1-2H3,(H,17,18). The van der Waals surface area contributed by atoms with Gasteiger partial charge in [-0.25, -0.2) is 14.8 Å². The van der Waals surface area contributed by atoms with Crippen molar-refractivity contribution >= 4 is 27.5 Å². The highest BCUT2D eigenvalue weighted by atomic mass is 32.1. The van der Waals surface area contributed by atoms with Gasteiger partial charge < -0.3 is 5.11 Å². The molecule has 5 heteroatoms. The summed E-state index contributed by atoms with van der Waals surface area (Å²) < 4.78 is 0. The maximum absolute atomic E-state index is 11.5. The van der Waals surface area contributed by atoms with Crippen LogP contribution >= 0.6 is 11.3 Å². The topological polar surface area (TPSA) is 63.1 Å². The molecule has 0 fully saturated rings. The number of carboxylic acids is 1. The lowest BCUT2D eigenvalue weighted by atomic mass is 10.1. The molecule has 2 aromatic heterocycles. The van der Waals surface area contributed by atoms with Gasteiger partial charge in [-0.05, 0) is 30.7 Å². The Bertz CT molecular complexity index is 661. The average Bonchev–Trinajstić information content (AvgIpc) is 2.86. The van der Waals surface area contributed by atoms with Crippen LogP contribution in [0.3, 0.4) is 0 Å². The minimum absolute atomic E-state index is 0.194. The third kappa shape index (κ3) is 2.12. The van der Waals surface area contributed by atoms with Crippen molar-refractivity contribution in [1.82, 2.24) is 9.97 Å². The summed E-state index contributed by atoms with van der Waals surface area (Å²) in [5.74, 6) is 0.135. The molecule has 0 bridgehead atoms. The normalized spacial score (nSPS) is 14.3. The first-order valence-corrected chi connectivity index (χ1v) is 7.42. The number of carbonyl (C=O) groups is 1. The Morgan fingerprint density at radius 3 is 2.84 bits per heavy atom. The van der Waals surface area contributed by atoms with Gasteiger partial charge in [-0.1, -0.05) is 13.8 Å². The van der Waals surface area contributed by atoms with Crippen LogP contribution in [0.1, 0.15) is 47.0 Å². The predicted octanol–water partition coefficient (Wildman–Crippen LogP) is 3.08. The maximum atomic E-state index is 11.5. The molecule has 0 saturated carbocycles. The van der Waals surface area contributed by atoms with Gasteiger partial charge in [0.15, 0.2) is 5.69 Å². The van der Waals surface area contributed by atoms with Gasteiger partial charge in [-0.15, -0.1) is 11.3 Å². The summed E-state index contributed by atoms with van der Waals surface area (Å²) in [4.78, 5) is 22.5. The van der Waals surface area contributed by atoms with Crippen LogP contribution in [-0.2, 0) is 19.3 Å². The van der Waals surface area contributed by atoms with Crippen molar-refractivity contribution in [3.63, 3.8) is 0 Å². The van der Waals surface area contributed by atoms with E-state index in [2.05, 4.69) is 23.8 Å². The number of rotatable bonds is 3. The Morgan fingerprint density at radius 1 is 1.37 bits per heavy atom. The summed E-state index contributed by atoms with van der Waals surface area (Å²) >= 11 is 1.64. The second kappa shape index (κ2) is 4.56. The zero-order valence-corrected chi connectivity index (χ0v) is 11.9. The largest absolute Gasteiger partial charge is 0.476 e. The lowest BCUT2D eigenvalue weighted by Crippen LogP contribution is -2.08. The molecular weight excluding hydrogens is 260 g/mol. The van der Waals surface area contributed by atoms with Crippen molar-refractivity contribution in [2.75, 3.05) is 0 Å². The maximum Gasteiger partial charge on any atom is 0.355 e. The third-order valence-corrected chi connectivity index (χ3v) is 4.59. The number of hydrogen-bond acceptors (Lipinski definition) is 4. The van der Waals surface area contributed by atoms with Gasteiger partial charge in [0, 0.05) is 16.7 Å². The molecule has 0 unspecified atom stereocenters. The zero-order chi connectivity index (χ0) is 13.6. The van der Waals surface area contributed by atoms with E-state index in [1.54, 1.807) is 11.3 Å². The van der Waals surface area contributed by atoms with Crippen LogP contribution in [-0.4, -0.2) is 21.0 Å². The molecule has 4 nitrogen and oxygen atoms in total. The number of aryl methyl sites for hydroxylation is 2. The number of fused-ring (bicyclic) bond motifs is 3. The molecule has 1 N–H and O–H groups in total. The third-order valence-electron chi connectivity index (χ3n) is 3.40. The number of nitrogens with zero attached hydrogens (tertiary/aromatic N) is 2. The molecule has 3 rings (SSSR count). The SMILES string of the molecule is CC(C)Cc1nc(C(=O)O)c2c3c(sc2n1)CCC3. The summed E-state index contributed by atoms with van der Waals surface area (Å²) in [5, 5.41) is 10.2. The number of aromatic carboxylic acids is 1. The molecule has 2 heterocycles. The zero-order valence-electron chi connectivity index (χ0n) is 11.1. The van der Waals surface area contributed by atoms with Crippen LogP contribution in [0, 0.1) is 5.92 Å². The van der Waals surface area contributed by atoms with Gasteiger partial charge >= 0.3 is 5.97 Å². The highest BCUT2D eigenvalue weighted by molar-refractivity contribution is 7.19. The van der Waals surface area contributed by atoms with E-state index < -0.39 is 5.97 Å². The van der Waals surface area contributed by atoms with E-state index in [9.17, 15) is 9.90 Å². The van der Waals surface area contributed by atoms with Gasteiger partial charge in [0.05, 0.1) is 0 Å². The van der Waals surface area contributed by atoms with Gasteiger partial charge in [-0.2, -0.15) is 0 Å². The fourth-order valence-electron chi connectivity index (χ4n) is 2.65. The molecule has 2 aromatic rings. The van der Waals surface area contributed by atoms with E-state index in [4.69, 9.17) is 0 Å². The van der Waals surface area contributed by atoms with E-state index >= 15 is 0 Å². The van der Waals surface area contributed by atoms with Crippen molar-refractivity contribution in [2.45, 2.75) is 39.5 Å². The molecule has 0 radical (unpaired) electrons. The number of aromatic nitrogens is 2. The number of hydrogen-bond donors (Lipinski definition) is 1. The van der Waals surface area contributed by atoms with E-state index in [0.29, 0.717) is 11.7 Å². The summed E-state index contributed by atoms with van der Waals surface area (Å²) in [6, 6.07) is 0. The van der Waals surface area contributed by atoms with Crippen LogP contribution < -0.4 is 0 Å². The summed E-state index contributed by atoms with van der Waals surface area (Å²) in [7, 11) is 0. The highest BCUT2D eigenvalue weighted by Gasteiger charge is 2.24. The fraction of sp³-hybridized carbons (Fsp3) is 0.500. The number of thiophene rings is 1. The lowest BCUT2D eigenvalue weighted by Gasteiger charge is -2.06. The van der Waals surface area contributed by atoms with E-state index in [1.807, 2.05) is 0 Å². The highest BCUT2D eigenvalue weighted by Crippen LogP contribution is 2.37. The van der Waals surface area contributed by atoms with Crippen molar-refractivity contribution in [3.8, 4) is 0 Å². The quantitative estimate of drug-likeness (QED) is 0.935. The lowest BCUT2D eigenvalue weighted by molar-refractivity contribution is 0.0692. The molecule has 0 spiro atoms. The predicted molar refractivity (Wildman–Crippen MR) is 74.9 cm³/mol. The average molecular weight is 276 g/mol. The minimum atomic E-state index is -0.940. The van der Waals surface area contributed by atoms with Crippen LogP contribution in [0.4, 0.5) is 0 Å². The summed E-state index contributed by atoms with van der Waals surface area (Å²) in [6.07, 6.45) is 3.85. The van der Waals surface area contributed by atoms with Crippen molar-refractivity contribution in [3.05, 3.63) is 22.0 Å². The second-order valence-electron chi connectivity index (χ2n) is 5.43. The Balaban J connectivity index is 2.23. The monoisotopic (exact) mass is 276 g/mol. The number of carboxylic acid groups (broad SMARTS) is 1. The van der Waals surface area contributed by atoms with E-state index in [0.717, 1.165) is 35.9 Å². The molecular formula is C14H16N2O2S. The molecule has 19 heavy (non-hydrogen) atoms. The first-order chi connectivity index (χ1) is 9.06. The molecule has 1 aliphatic carbocycles. The van der Waals surface area contributed by atoms with E-state index in [-0.39, 0.29) is 5.69 Å².